The standard InChI is InChI=1S/C24H46N2O3.Na.H/c1-2-3-4-5-6-7-8-9-10-11-12-13-14-15-16-20-23(27)26-22(24(28)29)19-17-18-21-25;;/h9-10,22H,2-8,11-21,25H2,1H3,(H,26,27)(H,28,29);;/q;+1;-1/b10-9-;;. The van der Waals surface area contributed by atoms with Crippen LogP contribution in [0.25, 0.3) is 0 Å². The van der Waals surface area contributed by atoms with E-state index in [4.69, 9.17) is 5.73 Å². The minimum Gasteiger partial charge on any atom is -1.00 e. The minimum atomic E-state index is -0.958. The Morgan fingerprint density at radius 3 is 1.93 bits per heavy atom. The summed E-state index contributed by atoms with van der Waals surface area (Å²) in [6, 6.07) is -0.780. The molecule has 172 valence electrons. The van der Waals surface area contributed by atoms with Crippen LogP contribution < -0.4 is 40.6 Å². The maximum atomic E-state index is 11.9. The molecular weight excluding hydrogens is 387 g/mol. The zero-order chi connectivity index (χ0) is 21.6. The first-order chi connectivity index (χ1) is 14.1. The van der Waals surface area contributed by atoms with Crippen molar-refractivity contribution < 1.29 is 45.7 Å². The van der Waals surface area contributed by atoms with Crippen molar-refractivity contribution in [1.29, 1.82) is 0 Å². The number of allylic oxidation sites excluding steroid dienone is 2. The van der Waals surface area contributed by atoms with Crippen LogP contribution in [0.3, 0.4) is 0 Å². The van der Waals surface area contributed by atoms with E-state index in [-0.39, 0.29) is 36.9 Å². The zero-order valence-electron chi connectivity index (χ0n) is 20.8. The summed E-state index contributed by atoms with van der Waals surface area (Å²) in [5.41, 5.74) is 5.42. The topological polar surface area (TPSA) is 92.4 Å². The van der Waals surface area contributed by atoms with Crippen molar-refractivity contribution in [2.45, 2.75) is 122 Å². The predicted molar refractivity (Wildman–Crippen MR) is 123 cm³/mol. The van der Waals surface area contributed by atoms with Crippen LogP contribution in [-0.4, -0.2) is 29.6 Å². The van der Waals surface area contributed by atoms with Gasteiger partial charge in [0.25, 0.3) is 0 Å². The summed E-state index contributed by atoms with van der Waals surface area (Å²) in [6.45, 7) is 2.80. The summed E-state index contributed by atoms with van der Waals surface area (Å²) in [7, 11) is 0. The fourth-order valence-corrected chi connectivity index (χ4v) is 3.37. The van der Waals surface area contributed by atoms with E-state index in [1.165, 1.54) is 57.8 Å². The average Bonchev–Trinajstić information content (AvgIpc) is 2.70. The third kappa shape index (κ3) is 22.3. The fraction of sp³-hybridized carbons (Fsp3) is 0.833. The Balaban J connectivity index is -0.00000392. The number of carboxylic acids is 1. The Morgan fingerprint density at radius 1 is 0.867 bits per heavy atom. The molecule has 0 saturated carbocycles. The van der Waals surface area contributed by atoms with Crippen molar-refractivity contribution in [3.63, 3.8) is 0 Å². The zero-order valence-corrected chi connectivity index (χ0v) is 21.8. The molecule has 0 spiro atoms. The molecule has 1 unspecified atom stereocenters. The first-order valence-corrected chi connectivity index (χ1v) is 12.0. The molecule has 1 amide bonds. The maximum Gasteiger partial charge on any atom is 1.00 e. The molecule has 0 aliphatic heterocycles. The molecule has 0 aliphatic rings. The van der Waals surface area contributed by atoms with E-state index in [1.807, 2.05) is 0 Å². The SMILES string of the molecule is CCCCCCCC/C=C\CCCCCCCC(=O)NC(CCCCN)C(=O)O.[H-].[Na+]. The van der Waals surface area contributed by atoms with Gasteiger partial charge in [-0.1, -0.05) is 70.4 Å². The van der Waals surface area contributed by atoms with Gasteiger partial charge in [0, 0.05) is 6.42 Å². The van der Waals surface area contributed by atoms with E-state index in [0.29, 0.717) is 19.4 Å². The first-order valence-electron chi connectivity index (χ1n) is 12.0. The molecule has 4 N–H and O–H groups in total. The van der Waals surface area contributed by atoms with Crippen molar-refractivity contribution in [3.8, 4) is 0 Å². The van der Waals surface area contributed by atoms with Gasteiger partial charge in [0.1, 0.15) is 6.04 Å². The van der Waals surface area contributed by atoms with Crippen molar-refractivity contribution in [2.24, 2.45) is 5.73 Å². The van der Waals surface area contributed by atoms with Crippen molar-refractivity contribution in [3.05, 3.63) is 12.2 Å². The van der Waals surface area contributed by atoms with Crippen molar-refractivity contribution in [1.82, 2.24) is 5.32 Å². The first kappa shape index (κ1) is 31.8. The molecule has 0 aromatic rings. The Morgan fingerprint density at radius 2 is 1.40 bits per heavy atom. The van der Waals surface area contributed by atoms with Crippen LogP contribution in [0, 0.1) is 0 Å². The van der Waals surface area contributed by atoms with Gasteiger partial charge in [-0.2, -0.15) is 0 Å². The second-order valence-corrected chi connectivity index (χ2v) is 8.08. The number of rotatable bonds is 21. The third-order valence-corrected chi connectivity index (χ3v) is 5.25. The fourth-order valence-electron chi connectivity index (χ4n) is 3.37. The van der Waals surface area contributed by atoms with Crippen LogP contribution in [0.4, 0.5) is 0 Å². The number of carboxylic acid groups (broad SMARTS) is 1. The van der Waals surface area contributed by atoms with Gasteiger partial charge in [-0.15, -0.1) is 0 Å². The van der Waals surface area contributed by atoms with Gasteiger partial charge in [-0.05, 0) is 57.9 Å². The van der Waals surface area contributed by atoms with Gasteiger partial charge in [0.15, 0.2) is 0 Å². The van der Waals surface area contributed by atoms with Gasteiger partial charge >= 0.3 is 35.5 Å². The van der Waals surface area contributed by atoms with E-state index >= 15 is 0 Å². The van der Waals surface area contributed by atoms with Crippen LogP contribution in [-0.2, 0) is 9.59 Å². The molecule has 0 aliphatic carbocycles. The summed E-state index contributed by atoms with van der Waals surface area (Å²) >= 11 is 0. The van der Waals surface area contributed by atoms with Gasteiger partial charge in [-0.3, -0.25) is 4.79 Å². The molecule has 0 saturated heterocycles. The second kappa shape index (κ2) is 24.9. The molecule has 0 aromatic carbocycles. The summed E-state index contributed by atoms with van der Waals surface area (Å²) in [5, 5.41) is 11.8. The number of hydrogen-bond acceptors (Lipinski definition) is 3. The Kier molecular flexibility index (Phi) is 26.4. The molecule has 0 bridgehead atoms. The smallest absolute Gasteiger partial charge is 1.00 e. The molecule has 5 nitrogen and oxygen atoms in total. The van der Waals surface area contributed by atoms with Crippen molar-refractivity contribution >= 4 is 11.9 Å². The Bertz CT molecular complexity index is 437. The number of carbonyl (C=O) groups is 2. The van der Waals surface area contributed by atoms with Crippen LogP contribution in [0.15, 0.2) is 12.2 Å². The minimum absolute atomic E-state index is 0. The maximum absolute atomic E-state index is 11.9. The molecule has 0 fully saturated rings. The summed E-state index contributed by atoms with van der Waals surface area (Å²) in [4.78, 5) is 23.1. The number of aliphatic carboxylic acids is 1. The molecule has 1 atom stereocenters. The quantitative estimate of drug-likeness (QED) is 0.147. The molecule has 0 radical (unpaired) electrons. The summed E-state index contributed by atoms with van der Waals surface area (Å²) in [6.07, 6.45) is 22.9. The number of nitrogens with one attached hydrogen (secondary N) is 1. The van der Waals surface area contributed by atoms with E-state index in [1.54, 1.807) is 0 Å². The molecular formula is C24H47N2NaO3. The summed E-state index contributed by atoms with van der Waals surface area (Å²) < 4.78 is 0. The number of amides is 1. The largest absolute Gasteiger partial charge is 1.00 e. The second-order valence-electron chi connectivity index (χ2n) is 8.08. The molecule has 0 heterocycles. The Labute approximate surface area is 208 Å². The van der Waals surface area contributed by atoms with Crippen LogP contribution in [0.2, 0.25) is 0 Å². The number of unbranched alkanes of at least 4 members (excludes halogenated alkanes) is 12. The van der Waals surface area contributed by atoms with Crippen LogP contribution >= 0.6 is 0 Å². The molecule has 0 aromatic heterocycles. The van der Waals surface area contributed by atoms with Gasteiger partial charge in [0.2, 0.25) is 5.91 Å². The summed E-state index contributed by atoms with van der Waals surface area (Å²) in [5.74, 6) is -1.11. The predicted octanol–water partition coefficient (Wildman–Crippen LogP) is 2.84. The van der Waals surface area contributed by atoms with E-state index in [2.05, 4.69) is 24.4 Å². The van der Waals surface area contributed by atoms with E-state index in [0.717, 1.165) is 38.5 Å². The normalized spacial score (nSPS) is 11.9. The molecule has 30 heavy (non-hydrogen) atoms. The number of carbonyl (C=O) groups excluding carboxylic acids is 1. The molecule has 0 rings (SSSR count). The number of hydrogen-bond donors (Lipinski definition) is 3. The Hall–Kier alpha value is -0.360. The van der Waals surface area contributed by atoms with Crippen LogP contribution in [0.5, 0.6) is 0 Å². The van der Waals surface area contributed by atoms with E-state index < -0.39 is 12.0 Å². The van der Waals surface area contributed by atoms with Crippen LogP contribution in [0.1, 0.15) is 118 Å². The van der Waals surface area contributed by atoms with E-state index in [9.17, 15) is 14.7 Å². The van der Waals surface area contributed by atoms with Gasteiger partial charge in [-0.25, -0.2) is 4.79 Å². The number of nitrogens with two attached hydrogens (primary N) is 1. The monoisotopic (exact) mass is 434 g/mol. The van der Waals surface area contributed by atoms with Gasteiger partial charge in [0.05, 0.1) is 0 Å². The van der Waals surface area contributed by atoms with Gasteiger partial charge < -0.3 is 17.6 Å². The van der Waals surface area contributed by atoms with Crippen molar-refractivity contribution in [2.75, 3.05) is 6.54 Å². The average molecular weight is 435 g/mol. The molecule has 6 heteroatoms. The third-order valence-electron chi connectivity index (χ3n) is 5.25.